The van der Waals surface area contributed by atoms with Crippen molar-refractivity contribution in [3.63, 3.8) is 0 Å². The van der Waals surface area contributed by atoms with E-state index in [4.69, 9.17) is 4.74 Å². The second-order valence-corrected chi connectivity index (χ2v) is 6.32. The summed E-state index contributed by atoms with van der Waals surface area (Å²) in [5.41, 5.74) is 0. The van der Waals surface area contributed by atoms with Gasteiger partial charge >= 0.3 is 0 Å². The van der Waals surface area contributed by atoms with Crippen molar-refractivity contribution >= 4 is 10.0 Å². The molecule has 0 aromatic heterocycles. The summed E-state index contributed by atoms with van der Waals surface area (Å²) < 4.78 is 32.0. The van der Waals surface area contributed by atoms with E-state index in [0.717, 1.165) is 12.8 Å². The number of unbranched alkanes of at least 4 members (excludes halogenated alkanes) is 1. The van der Waals surface area contributed by atoms with Crippen LogP contribution in [0.1, 0.15) is 19.8 Å². The molecule has 0 fully saturated rings. The van der Waals surface area contributed by atoms with Gasteiger partial charge in [-0.2, -0.15) is 4.31 Å². The highest BCUT2D eigenvalue weighted by atomic mass is 32.2. The second kappa shape index (κ2) is 6.32. The fraction of sp³-hybridized carbons (Fsp3) is 0.429. The van der Waals surface area contributed by atoms with Crippen molar-refractivity contribution in [2.75, 3.05) is 13.2 Å². The lowest BCUT2D eigenvalue weighted by Crippen LogP contribution is -2.37. The fourth-order valence-corrected chi connectivity index (χ4v) is 3.39. The van der Waals surface area contributed by atoms with Gasteiger partial charge in [0.2, 0.25) is 10.0 Å². The minimum atomic E-state index is -3.48. The third kappa shape index (κ3) is 3.23. The molecule has 0 amide bonds. The van der Waals surface area contributed by atoms with Gasteiger partial charge in [0.15, 0.2) is 0 Å². The topological polar surface area (TPSA) is 46.6 Å². The molecule has 1 aliphatic heterocycles. The SMILES string of the molecule is CCCCOC1C=CCN1S(=O)(=O)c1ccccc1. The normalized spacial score (nSPS) is 19.9. The smallest absolute Gasteiger partial charge is 0.245 e. The van der Waals surface area contributed by atoms with Crippen LogP contribution in [0.25, 0.3) is 0 Å². The van der Waals surface area contributed by atoms with Gasteiger partial charge in [0.05, 0.1) is 4.90 Å². The minimum absolute atomic E-state index is 0.308. The molecule has 5 heteroatoms. The molecule has 0 aliphatic carbocycles. The molecule has 0 spiro atoms. The van der Waals surface area contributed by atoms with Gasteiger partial charge in [-0.25, -0.2) is 8.42 Å². The Labute approximate surface area is 114 Å². The molecular weight excluding hydrogens is 262 g/mol. The number of rotatable bonds is 6. The van der Waals surface area contributed by atoms with Crippen molar-refractivity contribution in [3.8, 4) is 0 Å². The average molecular weight is 281 g/mol. The zero-order valence-electron chi connectivity index (χ0n) is 11.0. The van der Waals surface area contributed by atoms with E-state index in [1.165, 1.54) is 4.31 Å². The number of sulfonamides is 1. The van der Waals surface area contributed by atoms with E-state index in [0.29, 0.717) is 18.0 Å². The Hall–Kier alpha value is -1.17. The molecule has 1 atom stereocenters. The summed E-state index contributed by atoms with van der Waals surface area (Å²) in [7, 11) is -3.48. The molecule has 104 valence electrons. The van der Waals surface area contributed by atoms with E-state index in [2.05, 4.69) is 6.92 Å². The van der Waals surface area contributed by atoms with Crippen LogP contribution in [0, 0.1) is 0 Å². The maximum Gasteiger partial charge on any atom is 0.245 e. The number of ether oxygens (including phenoxy) is 1. The van der Waals surface area contributed by atoms with Crippen molar-refractivity contribution in [1.82, 2.24) is 4.31 Å². The molecule has 0 bridgehead atoms. The molecule has 0 saturated heterocycles. The van der Waals surface area contributed by atoms with Crippen molar-refractivity contribution in [2.45, 2.75) is 30.9 Å². The summed E-state index contributed by atoms with van der Waals surface area (Å²) in [4.78, 5) is 0.308. The molecule has 2 rings (SSSR count). The molecule has 19 heavy (non-hydrogen) atoms. The summed E-state index contributed by atoms with van der Waals surface area (Å²) in [5, 5.41) is 0. The first kappa shape index (κ1) is 14.2. The molecule has 1 aliphatic rings. The molecule has 0 radical (unpaired) electrons. The summed E-state index contributed by atoms with van der Waals surface area (Å²) >= 11 is 0. The average Bonchev–Trinajstić information content (AvgIpc) is 2.89. The lowest BCUT2D eigenvalue weighted by Gasteiger charge is -2.24. The van der Waals surface area contributed by atoms with Crippen molar-refractivity contribution in [2.24, 2.45) is 0 Å². The molecule has 1 aromatic rings. The standard InChI is InChI=1S/C14H19NO3S/c1-2-3-12-18-14-10-7-11-15(14)19(16,17)13-8-5-4-6-9-13/h4-10,14H,2-3,11-12H2,1H3. The van der Waals surface area contributed by atoms with Crippen LogP contribution >= 0.6 is 0 Å². The molecule has 0 saturated carbocycles. The summed E-state index contributed by atoms with van der Waals surface area (Å²) in [6, 6.07) is 8.47. The van der Waals surface area contributed by atoms with Gasteiger partial charge in [0, 0.05) is 13.2 Å². The number of hydrogen-bond acceptors (Lipinski definition) is 3. The van der Waals surface area contributed by atoms with E-state index in [1.807, 2.05) is 6.08 Å². The maximum atomic E-state index is 12.5. The van der Waals surface area contributed by atoms with Crippen LogP contribution < -0.4 is 0 Å². The lowest BCUT2D eigenvalue weighted by molar-refractivity contribution is 0.0243. The van der Waals surface area contributed by atoms with E-state index < -0.39 is 16.3 Å². The first-order chi connectivity index (χ1) is 9.16. The van der Waals surface area contributed by atoms with Crippen LogP contribution in [0.3, 0.4) is 0 Å². The van der Waals surface area contributed by atoms with Crippen molar-refractivity contribution in [1.29, 1.82) is 0 Å². The number of benzene rings is 1. The summed E-state index contributed by atoms with van der Waals surface area (Å²) in [5.74, 6) is 0. The zero-order chi connectivity index (χ0) is 13.7. The number of hydrogen-bond donors (Lipinski definition) is 0. The van der Waals surface area contributed by atoms with Crippen LogP contribution in [-0.2, 0) is 14.8 Å². The molecule has 1 heterocycles. The number of nitrogens with zero attached hydrogens (tertiary/aromatic N) is 1. The van der Waals surface area contributed by atoms with Crippen molar-refractivity contribution < 1.29 is 13.2 Å². The van der Waals surface area contributed by atoms with Crippen LogP contribution in [0.5, 0.6) is 0 Å². The van der Waals surface area contributed by atoms with E-state index in [9.17, 15) is 8.42 Å². The molecule has 1 unspecified atom stereocenters. The van der Waals surface area contributed by atoms with Crippen molar-refractivity contribution in [3.05, 3.63) is 42.5 Å². The van der Waals surface area contributed by atoms with E-state index >= 15 is 0 Å². The van der Waals surface area contributed by atoms with Crippen LogP contribution in [0.15, 0.2) is 47.4 Å². The van der Waals surface area contributed by atoms with E-state index in [1.54, 1.807) is 36.4 Å². The summed E-state index contributed by atoms with van der Waals surface area (Å²) in [6.45, 7) is 3.02. The summed E-state index contributed by atoms with van der Waals surface area (Å²) in [6.07, 6.45) is 5.12. The molecule has 1 aromatic carbocycles. The highest BCUT2D eigenvalue weighted by Gasteiger charge is 2.32. The fourth-order valence-electron chi connectivity index (χ4n) is 1.93. The Bertz CT molecular complexity index is 525. The Morgan fingerprint density at radius 2 is 2.05 bits per heavy atom. The lowest BCUT2D eigenvalue weighted by atomic mass is 10.4. The largest absolute Gasteiger partial charge is 0.358 e. The third-order valence-electron chi connectivity index (χ3n) is 3.01. The van der Waals surface area contributed by atoms with Gasteiger partial charge in [-0.15, -0.1) is 0 Å². The first-order valence-electron chi connectivity index (χ1n) is 6.51. The highest BCUT2D eigenvalue weighted by molar-refractivity contribution is 7.89. The van der Waals surface area contributed by atoms with E-state index in [-0.39, 0.29) is 0 Å². The Morgan fingerprint density at radius 3 is 2.74 bits per heavy atom. The van der Waals surface area contributed by atoms with Gasteiger partial charge in [0.25, 0.3) is 0 Å². The Morgan fingerprint density at radius 1 is 1.32 bits per heavy atom. The maximum absolute atomic E-state index is 12.5. The van der Waals surface area contributed by atoms with Gasteiger partial charge in [0.1, 0.15) is 6.23 Å². The van der Waals surface area contributed by atoms with Gasteiger partial charge in [-0.05, 0) is 24.6 Å². The quantitative estimate of drug-likeness (QED) is 0.594. The van der Waals surface area contributed by atoms with Crippen LogP contribution in [0.4, 0.5) is 0 Å². The monoisotopic (exact) mass is 281 g/mol. The highest BCUT2D eigenvalue weighted by Crippen LogP contribution is 2.22. The van der Waals surface area contributed by atoms with Crippen LogP contribution in [-0.4, -0.2) is 32.1 Å². The predicted molar refractivity (Wildman–Crippen MR) is 74.1 cm³/mol. The first-order valence-corrected chi connectivity index (χ1v) is 7.95. The second-order valence-electron chi connectivity index (χ2n) is 4.43. The van der Waals surface area contributed by atoms with Gasteiger partial charge in [-0.3, -0.25) is 0 Å². The molecular formula is C14H19NO3S. The zero-order valence-corrected chi connectivity index (χ0v) is 11.8. The third-order valence-corrected chi connectivity index (χ3v) is 4.85. The predicted octanol–water partition coefficient (Wildman–Crippen LogP) is 2.39. The Kier molecular flexibility index (Phi) is 4.74. The van der Waals surface area contributed by atoms with Gasteiger partial charge < -0.3 is 4.74 Å². The molecule has 0 N–H and O–H groups in total. The van der Waals surface area contributed by atoms with Crippen LogP contribution in [0.2, 0.25) is 0 Å². The minimum Gasteiger partial charge on any atom is -0.358 e. The van der Waals surface area contributed by atoms with Gasteiger partial charge in [-0.1, -0.05) is 37.6 Å². The molecule has 4 nitrogen and oxygen atoms in total. The Balaban J connectivity index is 2.12.